The molecule has 0 radical (unpaired) electrons. The topological polar surface area (TPSA) is 74.8 Å². The normalized spacial score (nSPS) is 16.8. The molecule has 1 atom stereocenters. The van der Waals surface area contributed by atoms with Gasteiger partial charge in [-0.25, -0.2) is 0 Å². The van der Waals surface area contributed by atoms with Crippen LogP contribution in [0.15, 0.2) is 35.3 Å². The largest absolute Gasteiger partial charge is 0.376 e. The number of carbonyl (C=O) groups is 1. The molecule has 1 aliphatic rings. The van der Waals surface area contributed by atoms with Crippen molar-refractivity contribution in [3.63, 3.8) is 0 Å². The SMILES string of the molecule is CCNC(=NCC1CCCO1)NCCCNC(=O)c1ccccc1.I. The number of amides is 1. The van der Waals surface area contributed by atoms with Gasteiger partial charge in [0.05, 0.1) is 12.6 Å². The zero-order chi connectivity index (χ0) is 17.0. The molecule has 3 N–H and O–H groups in total. The van der Waals surface area contributed by atoms with Gasteiger partial charge in [0.1, 0.15) is 0 Å². The second kappa shape index (κ2) is 12.9. The number of hydrogen-bond acceptors (Lipinski definition) is 3. The maximum absolute atomic E-state index is 11.9. The fraction of sp³-hybridized carbons (Fsp3) is 0.556. The Labute approximate surface area is 167 Å². The van der Waals surface area contributed by atoms with Gasteiger partial charge in [-0.05, 0) is 38.3 Å². The summed E-state index contributed by atoms with van der Waals surface area (Å²) in [5.74, 6) is 0.775. The van der Waals surface area contributed by atoms with Gasteiger partial charge in [-0.15, -0.1) is 24.0 Å². The highest BCUT2D eigenvalue weighted by atomic mass is 127. The molecule has 2 rings (SSSR count). The molecule has 0 spiro atoms. The number of aliphatic imine (C=N–C) groups is 1. The van der Waals surface area contributed by atoms with Crippen molar-refractivity contribution in [2.45, 2.75) is 32.3 Å². The zero-order valence-electron chi connectivity index (χ0n) is 14.8. The summed E-state index contributed by atoms with van der Waals surface area (Å²) in [6.07, 6.45) is 3.31. The van der Waals surface area contributed by atoms with E-state index in [1.165, 1.54) is 0 Å². The number of hydrogen-bond donors (Lipinski definition) is 3. The van der Waals surface area contributed by atoms with Crippen molar-refractivity contribution in [3.8, 4) is 0 Å². The molecule has 1 amide bonds. The lowest BCUT2D eigenvalue weighted by Crippen LogP contribution is -2.39. The highest BCUT2D eigenvalue weighted by Gasteiger charge is 2.14. The Kier molecular flexibility index (Phi) is 11.2. The molecule has 6 nitrogen and oxygen atoms in total. The van der Waals surface area contributed by atoms with Crippen LogP contribution in [0, 0.1) is 0 Å². The Bertz CT molecular complexity index is 519. The van der Waals surface area contributed by atoms with Crippen molar-refractivity contribution in [2.75, 3.05) is 32.8 Å². The van der Waals surface area contributed by atoms with Gasteiger partial charge in [0, 0.05) is 31.8 Å². The van der Waals surface area contributed by atoms with Crippen molar-refractivity contribution in [1.82, 2.24) is 16.0 Å². The summed E-state index contributed by atoms with van der Waals surface area (Å²) in [7, 11) is 0. The van der Waals surface area contributed by atoms with Gasteiger partial charge in [-0.2, -0.15) is 0 Å². The molecule has 1 saturated heterocycles. The highest BCUT2D eigenvalue weighted by molar-refractivity contribution is 14.0. The van der Waals surface area contributed by atoms with Crippen molar-refractivity contribution in [3.05, 3.63) is 35.9 Å². The third-order valence-electron chi connectivity index (χ3n) is 3.79. The summed E-state index contributed by atoms with van der Waals surface area (Å²) in [5, 5.41) is 9.44. The van der Waals surface area contributed by atoms with Crippen LogP contribution < -0.4 is 16.0 Å². The van der Waals surface area contributed by atoms with Gasteiger partial charge in [0.2, 0.25) is 0 Å². The zero-order valence-corrected chi connectivity index (χ0v) is 17.1. The first kappa shape index (κ1) is 21.7. The summed E-state index contributed by atoms with van der Waals surface area (Å²) >= 11 is 0. The van der Waals surface area contributed by atoms with E-state index in [4.69, 9.17) is 4.74 Å². The molecule has 0 aromatic heterocycles. The average molecular weight is 460 g/mol. The monoisotopic (exact) mass is 460 g/mol. The summed E-state index contributed by atoms with van der Waals surface area (Å²) < 4.78 is 5.58. The van der Waals surface area contributed by atoms with E-state index in [1.807, 2.05) is 37.3 Å². The third kappa shape index (κ3) is 8.53. The summed E-state index contributed by atoms with van der Waals surface area (Å²) in [5.41, 5.74) is 0.692. The van der Waals surface area contributed by atoms with Crippen LogP contribution in [0.5, 0.6) is 0 Å². The molecule has 0 saturated carbocycles. The average Bonchev–Trinajstić information content (AvgIpc) is 3.13. The number of carbonyl (C=O) groups excluding carboxylic acids is 1. The van der Waals surface area contributed by atoms with Crippen LogP contribution >= 0.6 is 24.0 Å². The van der Waals surface area contributed by atoms with E-state index in [1.54, 1.807) is 0 Å². The molecule has 1 unspecified atom stereocenters. The second-order valence-corrected chi connectivity index (χ2v) is 5.76. The predicted molar refractivity (Wildman–Crippen MR) is 112 cm³/mol. The van der Waals surface area contributed by atoms with Gasteiger partial charge < -0.3 is 20.7 Å². The molecule has 1 heterocycles. The van der Waals surface area contributed by atoms with E-state index in [0.717, 1.165) is 44.9 Å². The van der Waals surface area contributed by atoms with Crippen LogP contribution in [-0.2, 0) is 4.74 Å². The van der Waals surface area contributed by atoms with Crippen molar-refractivity contribution in [2.24, 2.45) is 4.99 Å². The van der Waals surface area contributed by atoms with Crippen LogP contribution in [0.25, 0.3) is 0 Å². The number of nitrogens with zero attached hydrogens (tertiary/aromatic N) is 1. The minimum Gasteiger partial charge on any atom is -0.376 e. The third-order valence-corrected chi connectivity index (χ3v) is 3.79. The van der Waals surface area contributed by atoms with Gasteiger partial charge >= 0.3 is 0 Å². The minimum atomic E-state index is -0.0328. The fourth-order valence-corrected chi connectivity index (χ4v) is 2.51. The van der Waals surface area contributed by atoms with Crippen LogP contribution in [0.1, 0.15) is 36.5 Å². The molecule has 1 aliphatic heterocycles. The van der Waals surface area contributed by atoms with Crippen LogP contribution in [-0.4, -0.2) is 50.8 Å². The van der Waals surface area contributed by atoms with Gasteiger partial charge in [0.15, 0.2) is 5.96 Å². The Hall–Kier alpha value is -1.35. The summed E-state index contributed by atoms with van der Waals surface area (Å²) in [6, 6.07) is 9.26. The van der Waals surface area contributed by atoms with Crippen LogP contribution in [0.2, 0.25) is 0 Å². The smallest absolute Gasteiger partial charge is 0.251 e. The van der Waals surface area contributed by atoms with Crippen LogP contribution in [0.3, 0.4) is 0 Å². The van der Waals surface area contributed by atoms with Gasteiger partial charge in [-0.3, -0.25) is 9.79 Å². The molecular formula is C18H29IN4O2. The molecule has 1 fully saturated rings. The summed E-state index contributed by atoms with van der Waals surface area (Å²) in [4.78, 5) is 16.5. The lowest BCUT2D eigenvalue weighted by atomic mass is 10.2. The number of guanidine groups is 1. The Balaban J connectivity index is 0.00000312. The van der Waals surface area contributed by atoms with Crippen molar-refractivity contribution >= 4 is 35.8 Å². The lowest BCUT2D eigenvalue weighted by molar-refractivity contribution is 0.0953. The standard InChI is InChI=1S/C18H28N4O2.HI/c1-2-19-18(22-14-16-10-6-13-24-16)21-12-7-11-20-17(23)15-8-4-3-5-9-15;/h3-5,8-9,16H,2,6-7,10-14H2,1H3,(H,20,23)(H2,19,21,22);1H. The van der Waals surface area contributed by atoms with E-state index in [9.17, 15) is 4.79 Å². The van der Waals surface area contributed by atoms with Gasteiger partial charge in [0.25, 0.3) is 5.91 Å². The number of benzene rings is 1. The van der Waals surface area contributed by atoms with Crippen molar-refractivity contribution in [1.29, 1.82) is 0 Å². The Morgan fingerprint density at radius 1 is 1.20 bits per heavy atom. The number of halogens is 1. The summed E-state index contributed by atoms with van der Waals surface area (Å²) in [6.45, 7) is 5.80. The fourth-order valence-electron chi connectivity index (χ4n) is 2.51. The molecule has 140 valence electrons. The van der Waals surface area contributed by atoms with E-state index < -0.39 is 0 Å². The van der Waals surface area contributed by atoms with E-state index in [2.05, 4.69) is 20.9 Å². The predicted octanol–water partition coefficient (Wildman–Crippen LogP) is 2.16. The Morgan fingerprint density at radius 3 is 2.64 bits per heavy atom. The van der Waals surface area contributed by atoms with Crippen LogP contribution in [0.4, 0.5) is 0 Å². The number of ether oxygens (including phenoxy) is 1. The van der Waals surface area contributed by atoms with Gasteiger partial charge in [-0.1, -0.05) is 18.2 Å². The molecule has 0 aliphatic carbocycles. The molecule has 1 aromatic carbocycles. The molecule has 0 bridgehead atoms. The lowest BCUT2D eigenvalue weighted by Gasteiger charge is -2.13. The van der Waals surface area contributed by atoms with E-state index in [-0.39, 0.29) is 36.0 Å². The quantitative estimate of drug-likeness (QED) is 0.241. The number of nitrogens with one attached hydrogen (secondary N) is 3. The minimum absolute atomic E-state index is 0. The first-order valence-corrected chi connectivity index (χ1v) is 8.76. The van der Waals surface area contributed by atoms with E-state index >= 15 is 0 Å². The maximum atomic E-state index is 11.9. The highest BCUT2D eigenvalue weighted by Crippen LogP contribution is 2.11. The molecule has 1 aromatic rings. The first-order chi connectivity index (χ1) is 11.8. The second-order valence-electron chi connectivity index (χ2n) is 5.76. The molecule has 7 heteroatoms. The molecule has 25 heavy (non-hydrogen) atoms. The van der Waals surface area contributed by atoms with E-state index in [0.29, 0.717) is 18.7 Å². The number of rotatable bonds is 8. The molecular weight excluding hydrogens is 431 g/mol. The Morgan fingerprint density at radius 2 is 1.96 bits per heavy atom. The van der Waals surface area contributed by atoms with Crippen molar-refractivity contribution < 1.29 is 9.53 Å². The maximum Gasteiger partial charge on any atom is 0.251 e. The first-order valence-electron chi connectivity index (χ1n) is 8.76.